The molecule has 3 rings (SSSR count). The maximum Gasteiger partial charge on any atom is 0.336 e. The summed E-state index contributed by atoms with van der Waals surface area (Å²) in [4.78, 5) is 40.1. The molecule has 0 saturated carbocycles. The van der Waals surface area contributed by atoms with E-state index < -0.39 is 23.8 Å². The van der Waals surface area contributed by atoms with Crippen molar-refractivity contribution in [2.24, 2.45) is 5.92 Å². The predicted molar refractivity (Wildman–Crippen MR) is 130 cm³/mol. The summed E-state index contributed by atoms with van der Waals surface area (Å²) in [6.45, 7) is 7.02. The van der Waals surface area contributed by atoms with Crippen LogP contribution in [0.15, 0.2) is 83.7 Å². The maximum absolute atomic E-state index is 13.1. The van der Waals surface area contributed by atoms with Crippen LogP contribution in [0, 0.1) is 5.92 Å². The Labute approximate surface area is 206 Å². The molecule has 0 N–H and O–H groups in total. The quantitative estimate of drug-likeness (QED) is 0.388. The van der Waals surface area contributed by atoms with Crippen LogP contribution in [0.25, 0.3) is 0 Å². The fourth-order valence-corrected chi connectivity index (χ4v) is 3.76. The monoisotopic (exact) mass is 477 g/mol. The van der Waals surface area contributed by atoms with Crippen LogP contribution in [0.5, 0.6) is 0 Å². The van der Waals surface area contributed by atoms with Crippen LogP contribution in [0.4, 0.5) is 0 Å². The molecule has 7 heteroatoms. The number of hydrogen-bond donors (Lipinski definition) is 0. The van der Waals surface area contributed by atoms with Crippen molar-refractivity contribution in [1.82, 2.24) is 4.90 Å². The van der Waals surface area contributed by atoms with Crippen molar-refractivity contribution in [3.63, 3.8) is 0 Å². The summed E-state index contributed by atoms with van der Waals surface area (Å²) in [5.74, 6) is -2.18. The summed E-state index contributed by atoms with van der Waals surface area (Å²) in [5, 5.41) is 0. The maximum atomic E-state index is 13.1. The number of ether oxygens (including phenoxy) is 3. The Balaban J connectivity index is 1.82. The van der Waals surface area contributed by atoms with Crippen molar-refractivity contribution in [2.75, 3.05) is 6.54 Å². The number of carbonyl (C=O) groups is 3. The lowest BCUT2D eigenvalue weighted by molar-refractivity contribution is -0.148. The second kappa shape index (κ2) is 12.0. The van der Waals surface area contributed by atoms with Gasteiger partial charge in [0.25, 0.3) is 0 Å². The molecule has 1 heterocycles. The molecule has 0 aromatic heterocycles. The molecule has 1 atom stereocenters. The first-order chi connectivity index (χ1) is 16.8. The second-order valence-corrected chi connectivity index (χ2v) is 8.60. The van der Waals surface area contributed by atoms with Gasteiger partial charge in [-0.1, -0.05) is 67.6 Å². The number of allylic oxidation sites excluding steroid dienone is 1. The standard InChI is InChI=1S/C28H31NO6/c1-19(2)35-25(30)16-29-15-24(27(31)33-17-22-11-7-5-8-12-22)20(3)26(21(29)4)28(32)34-18-23-13-9-6-10-14-23/h5-15,19-20H,16-18H2,1-4H3. The van der Waals surface area contributed by atoms with Crippen LogP contribution in [-0.2, 0) is 41.8 Å². The zero-order valence-corrected chi connectivity index (χ0v) is 20.5. The van der Waals surface area contributed by atoms with Gasteiger partial charge in [0.1, 0.15) is 19.8 Å². The molecule has 0 fully saturated rings. The van der Waals surface area contributed by atoms with Crippen LogP contribution in [-0.4, -0.2) is 35.5 Å². The van der Waals surface area contributed by atoms with Crippen molar-refractivity contribution < 1.29 is 28.6 Å². The number of hydrogen-bond acceptors (Lipinski definition) is 7. The normalized spacial score (nSPS) is 15.5. The van der Waals surface area contributed by atoms with Crippen molar-refractivity contribution >= 4 is 17.9 Å². The van der Waals surface area contributed by atoms with Crippen molar-refractivity contribution in [3.8, 4) is 0 Å². The molecule has 7 nitrogen and oxygen atoms in total. The first-order valence-corrected chi connectivity index (χ1v) is 11.6. The van der Waals surface area contributed by atoms with E-state index in [1.807, 2.05) is 60.7 Å². The average Bonchev–Trinajstić information content (AvgIpc) is 2.84. The largest absolute Gasteiger partial charge is 0.462 e. The molecule has 2 aromatic rings. The summed E-state index contributed by atoms with van der Waals surface area (Å²) in [5.41, 5.74) is 2.77. The Hall–Kier alpha value is -3.87. The molecule has 2 aromatic carbocycles. The Morgan fingerprint density at radius 1 is 0.857 bits per heavy atom. The van der Waals surface area contributed by atoms with Gasteiger partial charge in [-0.3, -0.25) is 4.79 Å². The Morgan fingerprint density at radius 2 is 1.37 bits per heavy atom. The molecule has 0 bridgehead atoms. The Bertz CT molecular complexity index is 1100. The van der Waals surface area contributed by atoms with Crippen LogP contribution in [0.3, 0.4) is 0 Å². The number of benzene rings is 2. The highest BCUT2D eigenvalue weighted by Crippen LogP contribution is 2.32. The van der Waals surface area contributed by atoms with Gasteiger partial charge in [0.15, 0.2) is 0 Å². The van der Waals surface area contributed by atoms with E-state index >= 15 is 0 Å². The molecule has 35 heavy (non-hydrogen) atoms. The third-order valence-electron chi connectivity index (χ3n) is 5.56. The van der Waals surface area contributed by atoms with E-state index in [0.717, 1.165) is 11.1 Å². The van der Waals surface area contributed by atoms with Gasteiger partial charge in [-0.15, -0.1) is 0 Å². The summed E-state index contributed by atoms with van der Waals surface area (Å²) in [6.07, 6.45) is 1.27. The highest BCUT2D eigenvalue weighted by Gasteiger charge is 2.35. The number of rotatable bonds is 9. The van der Waals surface area contributed by atoms with Gasteiger partial charge >= 0.3 is 17.9 Å². The highest BCUT2D eigenvalue weighted by atomic mass is 16.5. The van der Waals surface area contributed by atoms with Gasteiger partial charge in [-0.2, -0.15) is 0 Å². The molecule has 0 radical (unpaired) electrons. The molecule has 0 spiro atoms. The minimum Gasteiger partial charge on any atom is -0.462 e. The smallest absolute Gasteiger partial charge is 0.336 e. The van der Waals surface area contributed by atoms with Crippen molar-refractivity contribution in [2.45, 2.75) is 47.0 Å². The third kappa shape index (κ3) is 7.06. The Kier molecular flexibility index (Phi) is 8.84. The lowest BCUT2D eigenvalue weighted by Gasteiger charge is -2.32. The molecular weight excluding hydrogens is 446 g/mol. The van der Waals surface area contributed by atoms with Crippen LogP contribution in [0.1, 0.15) is 38.8 Å². The average molecular weight is 478 g/mol. The van der Waals surface area contributed by atoms with E-state index in [2.05, 4.69) is 0 Å². The molecular formula is C28H31NO6. The Morgan fingerprint density at radius 3 is 1.89 bits per heavy atom. The van der Waals surface area contributed by atoms with E-state index in [-0.39, 0.29) is 31.4 Å². The fourth-order valence-electron chi connectivity index (χ4n) is 3.76. The molecule has 1 aliphatic rings. The molecule has 0 amide bonds. The van der Waals surface area contributed by atoms with Crippen molar-refractivity contribution in [1.29, 1.82) is 0 Å². The van der Waals surface area contributed by atoms with Crippen LogP contribution >= 0.6 is 0 Å². The third-order valence-corrected chi connectivity index (χ3v) is 5.56. The zero-order valence-electron chi connectivity index (χ0n) is 20.5. The summed E-state index contributed by atoms with van der Waals surface area (Å²) < 4.78 is 16.4. The van der Waals surface area contributed by atoms with Gasteiger partial charge in [-0.05, 0) is 31.9 Å². The van der Waals surface area contributed by atoms with Crippen LogP contribution in [0.2, 0.25) is 0 Å². The molecule has 0 aliphatic carbocycles. The number of nitrogens with zero attached hydrogens (tertiary/aromatic N) is 1. The highest BCUT2D eigenvalue weighted by molar-refractivity contribution is 5.97. The van der Waals surface area contributed by atoms with Crippen molar-refractivity contribution in [3.05, 3.63) is 94.8 Å². The van der Waals surface area contributed by atoms with Gasteiger partial charge in [0.2, 0.25) is 0 Å². The summed E-state index contributed by atoms with van der Waals surface area (Å²) in [7, 11) is 0. The van der Waals surface area contributed by atoms with E-state index in [0.29, 0.717) is 11.3 Å². The molecule has 1 unspecified atom stereocenters. The summed E-state index contributed by atoms with van der Waals surface area (Å²) in [6, 6.07) is 18.7. The second-order valence-electron chi connectivity index (χ2n) is 8.60. The van der Waals surface area contributed by atoms with Gasteiger partial charge < -0.3 is 19.1 Å². The topological polar surface area (TPSA) is 82.1 Å². The molecule has 1 aliphatic heterocycles. The first kappa shape index (κ1) is 25.7. The van der Waals surface area contributed by atoms with E-state index in [4.69, 9.17) is 14.2 Å². The van der Waals surface area contributed by atoms with Gasteiger partial charge in [0, 0.05) is 17.8 Å². The lowest BCUT2D eigenvalue weighted by Crippen LogP contribution is -2.35. The first-order valence-electron chi connectivity index (χ1n) is 11.6. The number of esters is 3. The lowest BCUT2D eigenvalue weighted by atomic mass is 9.88. The predicted octanol–water partition coefficient (Wildman–Crippen LogP) is 4.53. The SMILES string of the molecule is CC1=C(C(=O)OCc2ccccc2)C(C)C(C(=O)OCc2ccccc2)=CN1CC(=O)OC(C)C. The van der Waals surface area contributed by atoms with E-state index in [1.165, 1.54) is 0 Å². The fraction of sp³-hybridized carbons (Fsp3) is 0.321. The minimum atomic E-state index is -0.584. The van der Waals surface area contributed by atoms with Crippen LogP contribution < -0.4 is 0 Å². The zero-order chi connectivity index (χ0) is 25.4. The van der Waals surface area contributed by atoms with E-state index in [9.17, 15) is 14.4 Å². The summed E-state index contributed by atoms with van der Waals surface area (Å²) >= 11 is 0. The van der Waals surface area contributed by atoms with Gasteiger partial charge in [0.05, 0.1) is 17.3 Å². The van der Waals surface area contributed by atoms with Gasteiger partial charge in [-0.25, -0.2) is 9.59 Å². The van der Waals surface area contributed by atoms with E-state index in [1.54, 1.807) is 38.8 Å². The molecule has 0 saturated heterocycles. The minimum absolute atomic E-state index is 0.0929. The molecule has 184 valence electrons. The number of carbonyl (C=O) groups excluding carboxylic acids is 3.